The zero-order chi connectivity index (χ0) is 29.9. The number of benzene rings is 2. The lowest BCUT2D eigenvalue weighted by Crippen LogP contribution is -2.30. The number of amides is 3. The third-order valence-corrected chi connectivity index (χ3v) is 6.01. The van der Waals surface area contributed by atoms with Gasteiger partial charge >= 0.3 is 0 Å². The average molecular weight is 563 g/mol. The van der Waals surface area contributed by atoms with E-state index in [1.807, 2.05) is 67.8 Å². The third kappa shape index (κ3) is 7.39. The highest BCUT2D eigenvalue weighted by Crippen LogP contribution is 2.40. The largest absolute Gasteiger partial charge is 0.493 e. The highest BCUT2D eigenvalue weighted by Gasteiger charge is 2.17. The van der Waals surface area contributed by atoms with Crippen molar-refractivity contribution in [1.29, 1.82) is 0 Å². The van der Waals surface area contributed by atoms with Crippen molar-refractivity contribution in [1.82, 2.24) is 14.6 Å². The van der Waals surface area contributed by atoms with E-state index < -0.39 is 11.8 Å². The summed E-state index contributed by atoms with van der Waals surface area (Å²) in [6, 6.07) is 14.9. The molecule has 0 bridgehead atoms. The number of rotatable bonds is 9. The molecule has 4 rings (SSSR count). The van der Waals surface area contributed by atoms with Crippen molar-refractivity contribution in [3.05, 3.63) is 48.5 Å². The molecule has 2 aromatic heterocycles. The number of hydrogen-bond donors (Lipinski definition) is 4. The lowest BCUT2D eigenvalue weighted by molar-refractivity contribution is -0.125. The van der Waals surface area contributed by atoms with Gasteiger partial charge in [-0.05, 0) is 25.0 Å². The predicted molar refractivity (Wildman–Crippen MR) is 154 cm³/mol. The van der Waals surface area contributed by atoms with E-state index in [0.717, 1.165) is 34.6 Å². The average Bonchev–Trinajstić information content (AvgIpc) is 3.39. The highest BCUT2D eigenvalue weighted by atomic mass is 16.3. The topological polar surface area (TPSA) is 189 Å². The van der Waals surface area contributed by atoms with Gasteiger partial charge in [0, 0.05) is 43.6 Å². The van der Waals surface area contributed by atoms with Gasteiger partial charge in [0.1, 0.15) is 0 Å². The number of nitrogens with one attached hydrogen (secondary N) is 1. The molecule has 41 heavy (non-hydrogen) atoms. The third-order valence-electron chi connectivity index (χ3n) is 6.01. The van der Waals surface area contributed by atoms with Gasteiger partial charge in [0.15, 0.2) is 11.4 Å². The number of aromatic hydroxyl groups is 2. The van der Waals surface area contributed by atoms with Crippen LogP contribution in [0.15, 0.2) is 69.0 Å². The molecule has 0 saturated heterocycles. The van der Waals surface area contributed by atoms with Crippen LogP contribution in [-0.2, 0) is 27.5 Å². The number of aryl methyl sites for hydroxylation is 2. The molecule has 0 saturated carbocycles. The molecule has 0 aliphatic heterocycles. The number of aromatic nitrogens is 2. The van der Waals surface area contributed by atoms with Crippen molar-refractivity contribution < 1.29 is 24.6 Å². The highest BCUT2D eigenvalue weighted by molar-refractivity contribution is 5.96. The van der Waals surface area contributed by atoms with E-state index in [0.29, 0.717) is 18.8 Å². The van der Waals surface area contributed by atoms with Crippen LogP contribution in [-0.4, -0.2) is 37.1 Å². The quantitative estimate of drug-likeness (QED) is 0.0898. The Bertz CT molecular complexity index is 1600. The summed E-state index contributed by atoms with van der Waals surface area (Å²) in [6.45, 7) is 6.69. The number of carbonyl (C=O) groups is 3. The fourth-order valence-electron chi connectivity index (χ4n) is 4.21. The first-order chi connectivity index (χ1) is 19.7. The minimum absolute atomic E-state index is 0.0238. The molecule has 0 fully saturated rings. The van der Waals surface area contributed by atoms with Crippen molar-refractivity contribution in [3.63, 3.8) is 0 Å². The number of fused-ring (bicyclic) bond motifs is 2. The van der Waals surface area contributed by atoms with E-state index >= 15 is 0 Å². The number of nitrogens with two attached hydrogens (primary N) is 1. The molecule has 0 aliphatic rings. The Hall–Kier alpha value is -4.91. The number of nitrogens with zero attached hydrogens (tertiary/aromatic N) is 6. The number of hydrazine groups is 1. The minimum atomic E-state index is -0.555. The van der Waals surface area contributed by atoms with Crippen molar-refractivity contribution in [2.45, 2.75) is 59.5 Å². The molecule has 216 valence electrons. The molecule has 0 aliphatic carbocycles. The lowest BCUT2D eigenvalue weighted by atomic mass is 10.2. The molecule has 13 nitrogen and oxygen atoms in total. The Balaban J connectivity index is 0.000000232. The van der Waals surface area contributed by atoms with Crippen LogP contribution < -0.4 is 11.3 Å². The fraction of sp³-hybridized carbons (Fsp3) is 0.321. The summed E-state index contributed by atoms with van der Waals surface area (Å²) >= 11 is 0. The van der Waals surface area contributed by atoms with E-state index in [2.05, 4.69) is 20.5 Å². The summed E-state index contributed by atoms with van der Waals surface area (Å²) in [7, 11) is 0. The Kier molecular flexibility index (Phi) is 10.8. The zero-order valence-corrected chi connectivity index (χ0v) is 23.2. The number of azo groups is 2. The molecular formula is C28H34N8O5. The van der Waals surface area contributed by atoms with Gasteiger partial charge in [-0.15, -0.1) is 20.5 Å². The summed E-state index contributed by atoms with van der Waals surface area (Å²) in [5.74, 6) is 3.58. The fourth-order valence-corrected chi connectivity index (χ4v) is 4.21. The predicted octanol–water partition coefficient (Wildman–Crippen LogP) is 5.52. The molecular weight excluding hydrogens is 528 g/mol. The Morgan fingerprint density at radius 1 is 0.780 bits per heavy atom. The first-order valence-corrected chi connectivity index (χ1v) is 13.2. The van der Waals surface area contributed by atoms with Gasteiger partial charge in [0.2, 0.25) is 17.7 Å². The Morgan fingerprint density at radius 3 is 1.68 bits per heavy atom. The molecule has 2 heterocycles. The van der Waals surface area contributed by atoms with E-state index in [4.69, 9.17) is 5.84 Å². The van der Waals surface area contributed by atoms with Gasteiger partial charge in [0.25, 0.3) is 11.8 Å². The maximum absolute atomic E-state index is 11.6. The van der Waals surface area contributed by atoms with Gasteiger partial charge in [-0.25, -0.2) is 5.84 Å². The Labute approximate surface area is 236 Å². The van der Waals surface area contributed by atoms with Gasteiger partial charge in [-0.2, -0.15) is 0 Å². The maximum atomic E-state index is 11.6. The molecule has 0 unspecified atom stereocenters. The van der Waals surface area contributed by atoms with E-state index in [1.54, 1.807) is 9.13 Å². The summed E-state index contributed by atoms with van der Waals surface area (Å²) in [6.07, 6.45) is 1.59. The van der Waals surface area contributed by atoms with Gasteiger partial charge in [-0.3, -0.25) is 19.8 Å². The number of carbonyl (C=O) groups excluding carboxylic acids is 3. The van der Waals surface area contributed by atoms with Gasteiger partial charge in [-0.1, -0.05) is 50.2 Å². The second-order valence-electron chi connectivity index (χ2n) is 9.06. The monoisotopic (exact) mass is 562 g/mol. The van der Waals surface area contributed by atoms with Crippen LogP contribution in [0.3, 0.4) is 0 Å². The van der Waals surface area contributed by atoms with Crippen LogP contribution in [0.5, 0.6) is 11.8 Å². The van der Waals surface area contributed by atoms with Gasteiger partial charge < -0.3 is 19.3 Å². The van der Waals surface area contributed by atoms with E-state index in [9.17, 15) is 24.6 Å². The van der Waals surface area contributed by atoms with Gasteiger partial charge in [0.05, 0.1) is 11.0 Å². The molecule has 2 aromatic carbocycles. The summed E-state index contributed by atoms with van der Waals surface area (Å²) in [5, 5.41) is 36.8. The molecule has 5 N–H and O–H groups in total. The molecule has 0 atom stereocenters. The summed E-state index contributed by atoms with van der Waals surface area (Å²) < 4.78 is 3.51. The molecule has 0 radical (unpaired) electrons. The van der Waals surface area contributed by atoms with Crippen LogP contribution in [0.1, 0.15) is 46.5 Å². The molecule has 4 aromatic rings. The van der Waals surface area contributed by atoms with Crippen LogP contribution in [0.25, 0.3) is 21.8 Å². The zero-order valence-electron chi connectivity index (χ0n) is 23.2. The second kappa shape index (κ2) is 14.5. The summed E-state index contributed by atoms with van der Waals surface area (Å²) in [4.78, 5) is 33.5. The Morgan fingerprint density at radius 2 is 1.24 bits per heavy atom. The number of hydrogen-bond acceptors (Lipinski definition) is 8. The van der Waals surface area contributed by atoms with E-state index in [-0.39, 0.29) is 36.2 Å². The SMILES string of the molecule is CCCn1c(O)c(N=NC(=O)CCC(=O)NN)c2ccccc21.CCCn1c(O)c(N=NC(C)=O)c2ccccc21. The van der Waals surface area contributed by atoms with Crippen LogP contribution >= 0.6 is 0 Å². The maximum Gasteiger partial charge on any atom is 0.265 e. The first-order valence-electron chi connectivity index (χ1n) is 13.2. The van der Waals surface area contributed by atoms with E-state index in [1.165, 1.54) is 6.92 Å². The van der Waals surface area contributed by atoms with Crippen LogP contribution in [0.2, 0.25) is 0 Å². The van der Waals surface area contributed by atoms with Crippen molar-refractivity contribution >= 4 is 50.9 Å². The number of para-hydroxylation sites is 2. The molecule has 0 spiro atoms. The normalized spacial score (nSPS) is 11.3. The molecule has 3 amide bonds. The first kappa shape index (κ1) is 30.6. The van der Waals surface area contributed by atoms with Crippen molar-refractivity contribution in [3.8, 4) is 11.8 Å². The second-order valence-corrected chi connectivity index (χ2v) is 9.06. The van der Waals surface area contributed by atoms with Crippen molar-refractivity contribution in [2.75, 3.05) is 0 Å². The van der Waals surface area contributed by atoms with Crippen molar-refractivity contribution in [2.24, 2.45) is 26.3 Å². The minimum Gasteiger partial charge on any atom is -0.493 e. The lowest BCUT2D eigenvalue weighted by Gasteiger charge is -2.03. The molecule has 13 heteroatoms. The smallest absolute Gasteiger partial charge is 0.265 e. The summed E-state index contributed by atoms with van der Waals surface area (Å²) in [5.41, 5.74) is 4.28. The van der Waals surface area contributed by atoms with Crippen LogP contribution in [0.4, 0.5) is 11.4 Å². The standard InChI is InChI=1S/C15H19N5O3.C13H15N3O2/c1-2-9-20-11-6-4-3-5-10(11)14(15(20)23)19-18-13(22)8-7-12(21)17-16;1-3-8-16-11-7-5-4-6-10(11)12(13(16)18)15-14-9(2)17/h3-6,23H,2,7-9,16H2,1H3,(H,17,21);4-7,18H,3,8H2,1-2H3. The van der Waals surface area contributed by atoms with Crippen LogP contribution in [0, 0.1) is 0 Å².